The summed E-state index contributed by atoms with van der Waals surface area (Å²) in [5.74, 6) is -1.70. The Labute approximate surface area is 205 Å². The SMILES string of the molecule is CCCC[C@H](O)[C@@H](Cc1ccco1)C(=O)[C@]1(N)N=C(c2ccccc2)c2ccccc2N(C)C1=O. The number of furan rings is 1. The molecule has 1 aliphatic rings. The molecule has 0 bridgehead atoms. The van der Waals surface area contributed by atoms with E-state index in [1.54, 1.807) is 25.2 Å². The number of nitrogens with two attached hydrogens (primary N) is 1. The number of hydrogen-bond donors (Lipinski definition) is 2. The Balaban J connectivity index is 1.85. The van der Waals surface area contributed by atoms with Crippen LogP contribution in [0, 0.1) is 5.92 Å². The number of ketones is 1. The minimum Gasteiger partial charge on any atom is -0.469 e. The molecule has 7 nitrogen and oxygen atoms in total. The molecule has 35 heavy (non-hydrogen) atoms. The summed E-state index contributed by atoms with van der Waals surface area (Å²) in [5.41, 5.74) is 6.94. The van der Waals surface area contributed by atoms with E-state index in [-0.39, 0.29) is 6.42 Å². The van der Waals surface area contributed by atoms with Crippen LogP contribution in [0.1, 0.15) is 43.1 Å². The quantitative estimate of drug-likeness (QED) is 0.460. The lowest BCUT2D eigenvalue weighted by Gasteiger charge is -2.31. The third kappa shape index (κ3) is 4.83. The van der Waals surface area contributed by atoms with Crippen LogP contribution in [0.25, 0.3) is 0 Å². The molecular formula is C28H31N3O4. The molecule has 1 aliphatic heterocycles. The molecular weight excluding hydrogens is 442 g/mol. The fourth-order valence-corrected chi connectivity index (χ4v) is 4.54. The highest BCUT2D eigenvalue weighted by atomic mass is 16.3. The predicted octanol–water partition coefficient (Wildman–Crippen LogP) is 3.73. The van der Waals surface area contributed by atoms with Crippen molar-refractivity contribution in [2.75, 3.05) is 11.9 Å². The number of benzodiazepines with no additional fused rings is 1. The van der Waals surface area contributed by atoms with Crippen molar-refractivity contribution in [2.45, 2.75) is 44.4 Å². The van der Waals surface area contributed by atoms with Crippen molar-refractivity contribution in [1.29, 1.82) is 0 Å². The van der Waals surface area contributed by atoms with Crippen LogP contribution in [0.4, 0.5) is 5.69 Å². The zero-order valence-corrected chi connectivity index (χ0v) is 20.1. The Morgan fingerprint density at radius 2 is 1.83 bits per heavy atom. The molecule has 0 saturated carbocycles. The fraction of sp³-hybridized carbons (Fsp3) is 0.321. The second-order valence-electron chi connectivity index (χ2n) is 8.94. The van der Waals surface area contributed by atoms with E-state index in [2.05, 4.69) is 4.99 Å². The number of anilines is 1. The number of aliphatic hydroxyl groups excluding tert-OH is 1. The normalized spacial score (nSPS) is 19.5. The van der Waals surface area contributed by atoms with Crippen molar-refractivity contribution in [1.82, 2.24) is 0 Å². The Morgan fingerprint density at radius 3 is 2.51 bits per heavy atom. The van der Waals surface area contributed by atoms with Crippen molar-refractivity contribution >= 4 is 23.1 Å². The van der Waals surface area contributed by atoms with Gasteiger partial charge in [0.25, 0.3) is 5.91 Å². The number of aliphatic hydroxyl groups is 1. The summed E-state index contributed by atoms with van der Waals surface area (Å²) in [5, 5.41) is 11.0. The van der Waals surface area contributed by atoms with Crippen molar-refractivity contribution in [2.24, 2.45) is 16.6 Å². The smallest absolute Gasteiger partial charge is 0.277 e. The van der Waals surface area contributed by atoms with Crippen LogP contribution in [0.3, 0.4) is 0 Å². The van der Waals surface area contributed by atoms with Gasteiger partial charge in [0.05, 0.1) is 29.7 Å². The summed E-state index contributed by atoms with van der Waals surface area (Å²) in [6, 6.07) is 20.2. The molecule has 4 rings (SSSR count). The molecule has 3 atom stereocenters. The summed E-state index contributed by atoms with van der Waals surface area (Å²) in [6.07, 6.45) is 2.64. The van der Waals surface area contributed by atoms with E-state index in [9.17, 15) is 14.7 Å². The highest BCUT2D eigenvalue weighted by Gasteiger charge is 2.50. The number of nitrogens with zero attached hydrogens (tertiary/aromatic N) is 2. The van der Waals surface area contributed by atoms with E-state index in [4.69, 9.17) is 10.2 Å². The summed E-state index contributed by atoms with van der Waals surface area (Å²) < 4.78 is 5.47. The zero-order valence-electron chi connectivity index (χ0n) is 20.1. The number of para-hydroxylation sites is 1. The van der Waals surface area contributed by atoms with Gasteiger partial charge in [0.1, 0.15) is 5.76 Å². The number of rotatable bonds is 9. The van der Waals surface area contributed by atoms with E-state index in [1.165, 1.54) is 11.2 Å². The van der Waals surface area contributed by atoms with E-state index in [1.807, 2.05) is 55.5 Å². The number of carbonyl (C=O) groups excluding carboxylic acids is 2. The van der Waals surface area contributed by atoms with E-state index >= 15 is 0 Å². The lowest BCUT2D eigenvalue weighted by Crippen LogP contribution is -2.61. The van der Waals surface area contributed by atoms with Crippen LogP contribution in [0.15, 0.2) is 82.4 Å². The first-order valence-electron chi connectivity index (χ1n) is 11.9. The number of amides is 1. The zero-order chi connectivity index (χ0) is 25.0. The highest BCUT2D eigenvalue weighted by Crippen LogP contribution is 2.32. The van der Waals surface area contributed by atoms with Crippen LogP contribution in [0.5, 0.6) is 0 Å². The Hall–Kier alpha value is -3.55. The average Bonchev–Trinajstić information content (AvgIpc) is 3.39. The number of benzene rings is 2. The molecule has 2 heterocycles. The van der Waals surface area contributed by atoms with Crippen molar-refractivity contribution < 1.29 is 19.1 Å². The highest BCUT2D eigenvalue weighted by molar-refractivity contribution is 6.26. The largest absolute Gasteiger partial charge is 0.469 e. The summed E-state index contributed by atoms with van der Waals surface area (Å²) >= 11 is 0. The van der Waals surface area contributed by atoms with E-state index in [0.29, 0.717) is 29.1 Å². The molecule has 0 unspecified atom stereocenters. The van der Waals surface area contributed by atoms with Gasteiger partial charge < -0.3 is 14.4 Å². The maximum Gasteiger partial charge on any atom is 0.277 e. The van der Waals surface area contributed by atoms with Gasteiger partial charge in [-0.25, -0.2) is 4.99 Å². The minimum atomic E-state index is -2.22. The first-order chi connectivity index (χ1) is 16.9. The first kappa shape index (κ1) is 24.6. The number of fused-ring (bicyclic) bond motifs is 1. The van der Waals surface area contributed by atoms with Gasteiger partial charge in [0, 0.05) is 24.6 Å². The molecule has 0 aliphatic carbocycles. The Kier molecular flexibility index (Phi) is 7.28. The van der Waals surface area contributed by atoms with Crippen LogP contribution in [0.2, 0.25) is 0 Å². The van der Waals surface area contributed by atoms with Crippen molar-refractivity contribution in [3.05, 3.63) is 89.9 Å². The van der Waals surface area contributed by atoms with Crippen LogP contribution in [-0.4, -0.2) is 41.3 Å². The lowest BCUT2D eigenvalue weighted by molar-refractivity contribution is -0.139. The molecule has 7 heteroatoms. The standard InChI is InChI=1S/C28H31N3O4/c1-3-4-16-24(32)22(18-20-13-10-17-35-20)26(33)28(29)27(34)31(2)23-15-9-8-14-21(23)25(30-28)19-11-6-5-7-12-19/h5-15,17,22,24,32H,3-4,16,18,29H2,1-2H3/t22-,24+,28+/m1/s1. The second kappa shape index (κ2) is 10.4. The van der Waals surface area contributed by atoms with Gasteiger partial charge in [-0.3, -0.25) is 15.3 Å². The molecule has 0 saturated heterocycles. The summed E-state index contributed by atoms with van der Waals surface area (Å²) in [6.45, 7) is 2.01. The molecule has 3 N–H and O–H groups in total. The van der Waals surface area contributed by atoms with Crippen LogP contribution >= 0.6 is 0 Å². The minimum absolute atomic E-state index is 0.121. The van der Waals surface area contributed by atoms with Crippen LogP contribution in [-0.2, 0) is 16.0 Å². The number of unbranched alkanes of at least 4 members (excludes halogenated alkanes) is 1. The molecule has 0 spiro atoms. The van der Waals surface area contributed by atoms with Crippen molar-refractivity contribution in [3.8, 4) is 0 Å². The average molecular weight is 474 g/mol. The number of likely N-dealkylation sites (N-methyl/N-ethyl adjacent to an activating group) is 1. The van der Waals surface area contributed by atoms with Gasteiger partial charge in [0.2, 0.25) is 5.66 Å². The topological polar surface area (TPSA) is 109 Å². The molecule has 1 aromatic heterocycles. The third-order valence-corrected chi connectivity index (χ3v) is 6.52. The maximum absolute atomic E-state index is 14.1. The molecule has 0 fully saturated rings. The number of Topliss-reactive ketones (excluding diaryl/α,β-unsaturated/α-hetero) is 1. The molecule has 3 aromatic rings. The van der Waals surface area contributed by atoms with E-state index in [0.717, 1.165) is 18.4 Å². The molecule has 182 valence electrons. The Bertz CT molecular complexity index is 1210. The maximum atomic E-state index is 14.1. The number of hydrogen-bond acceptors (Lipinski definition) is 6. The Morgan fingerprint density at radius 1 is 1.11 bits per heavy atom. The summed E-state index contributed by atoms with van der Waals surface area (Å²) in [7, 11) is 1.59. The monoisotopic (exact) mass is 473 g/mol. The number of aliphatic imine (C=N–C) groups is 1. The van der Waals surface area contributed by atoms with Gasteiger partial charge in [-0.2, -0.15) is 0 Å². The third-order valence-electron chi connectivity index (χ3n) is 6.52. The van der Waals surface area contributed by atoms with Crippen molar-refractivity contribution in [3.63, 3.8) is 0 Å². The van der Waals surface area contributed by atoms with Gasteiger partial charge in [-0.05, 0) is 24.6 Å². The van der Waals surface area contributed by atoms with Gasteiger partial charge in [-0.15, -0.1) is 0 Å². The van der Waals surface area contributed by atoms with Crippen LogP contribution < -0.4 is 10.6 Å². The first-order valence-corrected chi connectivity index (χ1v) is 11.9. The van der Waals surface area contributed by atoms with Gasteiger partial charge in [0.15, 0.2) is 5.78 Å². The molecule has 2 aromatic carbocycles. The van der Waals surface area contributed by atoms with Gasteiger partial charge in [-0.1, -0.05) is 68.3 Å². The predicted molar refractivity (Wildman–Crippen MR) is 135 cm³/mol. The molecule has 1 amide bonds. The second-order valence-corrected chi connectivity index (χ2v) is 8.94. The fourth-order valence-electron chi connectivity index (χ4n) is 4.54. The number of carbonyl (C=O) groups is 2. The summed E-state index contributed by atoms with van der Waals surface area (Å²) in [4.78, 5) is 33.9. The van der Waals surface area contributed by atoms with Gasteiger partial charge >= 0.3 is 0 Å². The van der Waals surface area contributed by atoms with E-state index < -0.39 is 29.4 Å². The molecule has 0 radical (unpaired) electrons. The lowest BCUT2D eigenvalue weighted by atomic mass is 9.83.